The number of hydrogen-bond acceptors (Lipinski definition) is 6. The van der Waals surface area contributed by atoms with Gasteiger partial charge in [0, 0.05) is 12.0 Å². The Balaban J connectivity index is 1.57. The van der Waals surface area contributed by atoms with Crippen LogP contribution in [-0.4, -0.2) is 31.5 Å². The molecule has 1 aliphatic rings. The number of amides is 1. The van der Waals surface area contributed by atoms with Gasteiger partial charge in [0.1, 0.15) is 5.82 Å². The van der Waals surface area contributed by atoms with E-state index in [2.05, 4.69) is 25.7 Å². The first-order chi connectivity index (χ1) is 9.61. The Labute approximate surface area is 119 Å². The van der Waals surface area contributed by atoms with E-state index in [0.717, 1.165) is 11.5 Å². The average molecular weight is 293 g/mol. The molecule has 1 unspecified atom stereocenters. The zero-order valence-corrected chi connectivity index (χ0v) is 12.0. The molecular weight excluding hydrogens is 278 g/mol. The van der Waals surface area contributed by atoms with Gasteiger partial charge in [-0.05, 0) is 26.7 Å². The van der Waals surface area contributed by atoms with Crippen molar-refractivity contribution in [3.8, 4) is 0 Å². The summed E-state index contributed by atoms with van der Waals surface area (Å²) < 4.78 is 4.95. The van der Waals surface area contributed by atoms with Gasteiger partial charge in [-0.25, -0.2) is 4.98 Å². The zero-order chi connectivity index (χ0) is 14.1. The van der Waals surface area contributed by atoms with Crippen LogP contribution in [0.2, 0.25) is 0 Å². The molecule has 0 radical (unpaired) electrons. The van der Waals surface area contributed by atoms with E-state index in [4.69, 9.17) is 4.52 Å². The number of carbonyl (C=O) groups excluding carboxylic acids is 1. The highest BCUT2D eigenvalue weighted by molar-refractivity contribution is 8.00. The molecular formula is C12H15N5O2S. The molecule has 3 rings (SSSR count). The summed E-state index contributed by atoms with van der Waals surface area (Å²) in [7, 11) is 0. The molecule has 0 spiro atoms. The fraction of sp³-hybridized carbons (Fsp3) is 0.500. The SMILES string of the molecule is Cc1cc(NC(=O)C(C)Sc2n[nH]c(C3CC3)n2)on1. The van der Waals surface area contributed by atoms with Crippen molar-refractivity contribution in [3.05, 3.63) is 17.6 Å². The van der Waals surface area contributed by atoms with Crippen LogP contribution in [0.25, 0.3) is 0 Å². The lowest BCUT2D eigenvalue weighted by molar-refractivity contribution is -0.115. The Morgan fingerprint density at radius 2 is 2.40 bits per heavy atom. The van der Waals surface area contributed by atoms with Gasteiger partial charge in [0.15, 0.2) is 0 Å². The Bertz CT molecular complexity index is 619. The second-order valence-corrected chi connectivity index (χ2v) is 6.17. The number of aromatic amines is 1. The highest BCUT2D eigenvalue weighted by atomic mass is 32.2. The highest BCUT2D eigenvalue weighted by Crippen LogP contribution is 2.38. The van der Waals surface area contributed by atoms with Gasteiger partial charge in [0.05, 0.1) is 10.9 Å². The number of H-pyrrole nitrogens is 1. The molecule has 7 nitrogen and oxygen atoms in total. The normalized spacial score (nSPS) is 16.1. The molecule has 1 amide bonds. The van der Waals surface area contributed by atoms with Crippen molar-refractivity contribution < 1.29 is 9.32 Å². The molecule has 8 heteroatoms. The maximum atomic E-state index is 12.0. The molecule has 2 N–H and O–H groups in total. The number of aryl methyl sites for hydroxylation is 1. The Morgan fingerprint density at radius 1 is 1.60 bits per heavy atom. The molecule has 0 aliphatic heterocycles. The van der Waals surface area contributed by atoms with Crippen LogP contribution in [0.5, 0.6) is 0 Å². The van der Waals surface area contributed by atoms with Crippen LogP contribution in [0, 0.1) is 6.92 Å². The van der Waals surface area contributed by atoms with Crippen molar-refractivity contribution >= 4 is 23.6 Å². The summed E-state index contributed by atoms with van der Waals surface area (Å²) >= 11 is 1.32. The second kappa shape index (κ2) is 5.28. The standard InChI is InChI=1S/C12H15N5O2S/c1-6-5-9(19-17-6)13-11(18)7(2)20-12-14-10(15-16-12)8-3-4-8/h5,7-8H,3-4H2,1-2H3,(H,13,18)(H,14,15,16). The van der Waals surface area contributed by atoms with Crippen molar-refractivity contribution in [1.82, 2.24) is 20.3 Å². The fourth-order valence-electron chi connectivity index (χ4n) is 1.71. The number of nitrogens with one attached hydrogen (secondary N) is 2. The predicted molar refractivity (Wildman–Crippen MR) is 73.5 cm³/mol. The largest absolute Gasteiger partial charge is 0.338 e. The maximum Gasteiger partial charge on any atom is 0.240 e. The highest BCUT2D eigenvalue weighted by Gasteiger charge is 2.28. The van der Waals surface area contributed by atoms with Crippen LogP contribution >= 0.6 is 11.8 Å². The fourth-order valence-corrected chi connectivity index (χ4v) is 2.44. The number of nitrogens with zero attached hydrogens (tertiary/aromatic N) is 3. The van der Waals surface area contributed by atoms with E-state index in [1.54, 1.807) is 19.9 Å². The van der Waals surface area contributed by atoms with E-state index < -0.39 is 0 Å². The number of carbonyl (C=O) groups is 1. The summed E-state index contributed by atoms with van der Waals surface area (Å²) in [4.78, 5) is 16.4. The van der Waals surface area contributed by atoms with Crippen molar-refractivity contribution in [2.45, 2.75) is 43.0 Å². The maximum absolute atomic E-state index is 12.0. The molecule has 0 aromatic carbocycles. The first-order valence-electron chi connectivity index (χ1n) is 6.45. The van der Waals surface area contributed by atoms with Crippen LogP contribution in [0.1, 0.15) is 37.2 Å². The molecule has 20 heavy (non-hydrogen) atoms. The lowest BCUT2D eigenvalue weighted by Crippen LogP contribution is -2.22. The van der Waals surface area contributed by atoms with Gasteiger partial charge in [0.25, 0.3) is 0 Å². The second-order valence-electron chi connectivity index (χ2n) is 4.86. The molecule has 1 fully saturated rings. The molecule has 1 atom stereocenters. The van der Waals surface area contributed by atoms with Crippen molar-refractivity contribution in [3.63, 3.8) is 0 Å². The van der Waals surface area contributed by atoms with E-state index in [0.29, 0.717) is 17.0 Å². The Hall–Kier alpha value is -1.83. The minimum atomic E-state index is -0.316. The summed E-state index contributed by atoms with van der Waals surface area (Å²) in [5, 5.41) is 13.7. The first-order valence-corrected chi connectivity index (χ1v) is 7.33. The van der Waals surface area contributed by atoms with E-state index in [1.807, 2.05) is 0 Å². The van der Waals surface area contributed by atoms with Crippen LogP contribution in [0.15, 0.2) is 15.7 Å². The van der Waals surface area contributed by atoms with Gasteiger partial charge in [-0.15, -0.1) is 5.10 Å². The van der Waals surface area contributed by atoms with Gasteiger partial charge in [0.2, 0.25) is 16.9 Å². The monoisotopic (exact) mass is 293 g/mol. The van der Waals surface area contributed by atoms with Gasteiger partial charge in [-0.3, -0.25) is 15.2 Å². The number of rotatable bonds is 5. The molecule has 2 aromatic rings. The Morgan fingerprint density at radius 3 is 3.05 bits per heavy atom. The number of aromatic nitrogens is 4. The minimum Gasteiger partial charge on any atom is -0.338 e. The summed E-state index contributed by atoms with van der Waals surface area (Å²) in [6.45, 7) is 3.60. The van der Waals surface area contributed by atoms with Gasteiger partial charge in [-0.1, -0.05) is 16.9 Å². The summed E-state index contributed by atoms with van der Waals surface area (Å²) in [6.07, 6.45) is 2.33. The van der Waals surface area contributed by atoms with E-state index in [-0.39, 0.29) is 11.2 Å². The summed E-state index contributed by atoms with van der Waals surface area (Å²) in [5.74, 6) is 1.64. The van der Waals surface area contributed by atoms with E-state index in [9.17, 15) is 4.79 Å². The van der Waals surface area contributed by atoms with Crippen molar-refractivity contribution in [2.24, 2.45) is 0 Å². The Kier molecular flexibility index (Phi) is 3.47. The van der Waals surface area contributed by atoms with Gasteiger partial charge >= 0.3 is 0 Å². The third-order valence-electron chi connectivity index (χ3n) is 2.97. The lowest BCUT2D eigenvalue weighted by atomic mass is 10.4. The predicted octanol–water partition coefficient (Wildman–Crippen LogP) is 2.10. The van der Waals surface area contributed by atoms with E-state index >= 15 is 0 Å². The van der Waals surface area contributed by atoms with Crippen LogP contribution in [0.4, 0.5) is 5.88 Å². The van der Waals surface area contributed by atoms with Crippen molar-refractivity contribution in [2.75, 3.05) is 5.32 Å². The first kappa shape index (κ1) is 13.2. The smallest absolute Gasteiger partial charge is 0.240 e. The van der Waals surface area contributed by atoms with E-state index in [1.165, 1.54) is 24.6 Å². The number of anilines is 1. The quantitative estimate of drug-likeness (QED) is 0.819. The average Bonchev–Trinajstić information content (AvgIpc) is 3.03. The molecule has 2 heterocycles. The third-order valence-corrected chi connectivity index (χ3v) is 3.93. The minimum absolute atomic E-state index is 0.163. The van der Waals surface area contributed by atoms with Gasteiger partial charge in [-0.2, -0.15) is 0 Å². The molecule has 0 saturated heterocycles. The number of hydrogen-bond donors (Lipinski definition) is 2. The summed E-state index contributed by atoms with van der Waals surface area (Å²) in [6, 6.07) is 1.67. The zero-order valence-electron chi connectivity index (χ0n) is 11.2. The van der Waals surface area contributed by atoms with Crippen LogP contribution < -0.4 is 5.32 Å². The molecule has 0 bridgehead atoms. The molecule has 1 aliphatic carbocycles. The summed E-state index contributed by atoms with van der Waals surface area (Å²) in [5.41, 5.74) is 0.726. The third kappa shape index (κ3) is 3.01. The van der Waals surface area contributed by atoms with Crippen LogP contribution in [-0.2, 0) is 4.79 Å². The van der Waals surface area contributed by atoms with Gasteiger partial charge < -0.3 is 4.52 Å². The lowest BCUT2D eigenvalue weighted by Gasteiger charge is -2.07. The molecule has 1 saturated carbocycles. The molecule has 2 aromatic heterocycles. The van der Waals surface area contributed by atoms with Crippen molar-refractivity contribution in [1.29, 1.82) is 0 Å². The number of thioether (sulfide) groups is 1. The topological polar surface area (TPSA) is 96.7 Å². The molecule has 106 valence electrons. The van der Waals surface area contributed by atoms with Crippen LogP contribution in [0.3, 0.4) is 0 Å².